The Morgan fingerprint density at radius 3 is 2.59 bits per heavy atom. The summed E-state index contributed by atoms with van der Waals surface area (Å²) in [6.45, 7) is 9.67. The number of ether oxygens (including phenoxy) is 2. The largest absolute Gasteiger partial charge is 0.493 e. The van der Waals surface area contributed by atoms with Crippen LogP contribution in [0.2, 0.25) is 0 Å². The molecule has 0 saturated heterocycles. The lowest BCUT2D eigenvalue weighted by Gasteiger charge is -2.48. The molecule has 0 amide bonds. The van der Waals surface area contributed by atoms with Gasteiger partial charge in [0.2, 0.25) is 0 Å². The first-order chi connectivity index (χ1) is 13.0. The van der Waals surface area contributed by atoms with E-state index in [-0.39, 0.29) is 5.41 Å². The van der Waals surface area contributed by atoms with E-state index in [2.05, 4.69) is 50.8 Å². The summed E-state index contributed by atoms with van der Waals surface area (Å²) >= 11 is 0. The van der Waals surface area contributed by atoms with E-state index in [0.717, 1.165) is 23.5 Å². The zero-order valence-corrected chi connectivity index (χ0v) is 16.8. The number of hydrogen-bond acceptors (Lipinski definition) is 2. The minimum absolute atomic E-state index is 0.0637. The van der Waals surface area contributed by atoms with E-state index in [1.54, 1.807) is 7.11 Å². The molecule has 0 N–H and O–H groups in total. The van der Waals surface area contributed by atoms with Crippen molar-refractivity contribution in [3.05, 3.63) is 71.8 Å². The summed E-state index contributed by atoms with van der Waals surface area (Å²) in [5.41, 5.74) is 4.35. The molecule has 0 spiro atoms. The van der Waals surface area contributed by atoms with E-state index in [4.69, 9.17) is 9.47 Å². The van der Waals surface area contributed by atoms with Gasteiger partial charge in [-0.2, -0.15) is 0 Å². The van der Waals surface area contributed by atoms with Crippen LogP contribution in [0, 0.1) is 11.3 Å². The molecule has 0 radical (unpaired) electrons. The van der Waals surface area contributed by atoms with Gasteiger partial charge in [0.25, 0.3) is 0 Å². The van der Waals surface area contributed by atoms with Gasteiger partial charge in [0.15, 0.2) is 11.5 Å². The third-order valence-electron chi connectivity index (χ3n) is 6.89. The van der Waals surface area contributed by atoms with Gasteiger partial charge in [0, 0.05) is 5.41 Å². The maximum Gasteiger partial charge on any atom is 0.161 e. The summed E-state index contributed by atoms with van der Waals surface area (Å²) in [6.07, 6.45) is 7.04. The fourth-order valence-corrected chi connectivity index (χ4v) is 5.45. The van der Waals surface area contributed by atoms with Crippen LogP contribution in [0.3, 0.4) is 0 Å². The van der Waals surface area contributed by atoms with E-state index < -0.39 is 0 Å². The van der Waals surface area contributed by atoms with Crippen molar-refractivity contribution in [2.24, 2.45) is 11.3 Å². The molecule has 2 aromatic rings. The Morgan fingerprint density at radius 1 is 1.11 bits per heavy atom. The molecule has 142 valence electrons. The third kappa shape index (κ3) is 2.96. The number of fused-ring (bicyclic) bond motifs is 3. The molecule has 0 aromatic heterocycles. The number of methoxy groups -OCH3 is 1. The quantitative estimate of drug-likeness (QED) is 0.600. The Morgan fingerprint density at radius 2 is 1.89 bits per heavy atom. The zero-order valence-electron chi connectivity index (χ0n) is 16.8. The third-order valence-corrected chi connectivity index (χ3v) is 6.89. The second-order valence-electron chi connectivity index (χ2n) is 8.78. The van der Waals surface area contributed by atoms with Crippen LogP contribution in [0.4, 0.5) is 0 Å². The number of hydrogen-bond donors (Lipinski definition) is 0. The molecule has 0 unspecified atom stereocenters. The lowest BCUT2D eigenvalue weighted by molar-refractivity contribution is 0.0866. The molecule has 27 heavy (non-hydrogen) atoms. The first kappa shape index (κ1) is 18.2. The molecular weight excluding hydrogens is 332 g/mol. The highest BCUT2D eigenvalue weighted by Gasteiger charge is 2.53. The Bertz CT molecular complexity index is 837. The van der Waals surface area contributed by atoms with Crippen LogP contribution >= 0.6 is 0 Å². The van der Waals surface area contributed by atoms with Gasteiger partial charge in [-0.05, 0) is 59.4 Å². The fraction of sp³-hybridized carbons (Fsp3) is 0.440. The predicted octanol–water partition coefficient (Wildman–Crippen LogP) is 6.08. The van der Waals surface area contributed by atoms with Crippen molar-refractivity contribution < 1.29 is 9.47 Å². The standard InChI is InChI=1S/C25H30O2/c1-5-25-13-9-12-24(2,3)23(25)15-19-14-21(26-4)22(16-20(19)25)27-17-18-10-7-6-8-11-18/h5-8,10-11,14,16,23H,1,9,12-13,15,17H2,2-4H3/t23-,25-/m1/s1. The van der Waals surface area contributed by atoms with Gasteiger partial charge in [-0.3, -0.25) is 0 Å². The molecule has 0 aliphatic heterocycles. The van der Waals surface area contributed by atoms with Crippen molar-refractivity contribution >= 4 is 0 Å². The van der Waals surface area contributed by atoms with E-state index in [1.165, 1.54) is 30.4 Å². The van der Waals surface area contributed by atoms with Crippen LogP contribution in [0.5, 0.6) is 11.5 Å². The predicted molar refractivity (Wildman–Crippen MR) is 110 cm³/mol. The van der Waals surface area contributed by atoms with Crippen LogP contribution in [0.1, 0.15) is 49.8 Å². The monoisotopic (exact) mass is 362 g/mol. The molecule has 2 aliphatic rings. The van der Waals surface area contributed by atoms with Crippen molar-refractivity contribution in [1.29, 1.82) is 0 Å². The smallest absolute Gasteiger partial charge is 0.161 e. The van der Waals surface area contributed by atoms with Gasteiger partial charge >= 0.3 is 0 Å². The van der Waals surface area contributed by atoms with Gasteiger partial charge in [-0.25, -0.2) is 0 Å². The highest BCUT2D eigenvalue weighted by Crippen LogP contribution is 2.60. The lowest BCUT2D eigenvalue weighted by Crippen LogP contribution is -2.43. The summed E-state index contributed by atoms with van der Waals surface area (Å²) in [6, 6.07) is 14.7. The van der Waals surface area contributed by atoms with Crippen molar-refractivity contribution in [2.45, 2.75) is 51.6 Å². The number of rotatable bonds is 5. The molecule has 2 nitrogen and oxygen atoms in total. The summed E-state index contributed by atoms with van der Waals surface area (Å²) < 4.78 is 11.9. The summed E-state index contributed by atoms with van der Waals surface area (Å²) in [5.74, 6) is 2.27. The minimum Gasteiger partial charge on any atom is -0.493 e. The van der Waals surface area contributed by atoms with Crippen molar-refractivity contribution in [3.8, 4) is 11.5 Å². The van der Waals surface area contributed by atoms with Crippen LogP contribution in [-0.2, 0) is 18.4 Å². The minimum atomic E-state index is 0.0637. The Hall–Kier alpha value is -2.22. The average molecular weight is 363 g/mol. The second-order valence-corrected chi connectivity index (χ2v) is 8.78. The van der Waals surface area contributed by atoms with E-state index in [0.29, 0.717) is 17.9 Å². The number of allylic oxidation sites excluding steroid dienone is 1. The zero-order chi connectivity index (χ0) is 19.1. The highest BCUT2D eigenvalue weighted by atomic mass is 16.5. The highest BCUT2D eigenvalue weighted by molar-refractivity contribution is 5.55. The van der Waals surface area contributed by atoms with Gasteiger partial charge in [-0.1, -0.05) is 56.7 Å². The Kier molecular flexibility index (Phi) is 4.53. The molecule has 1 saturated carbocycles. The SMILES string of the molecule is C=C[C@]12CCCC(C)(C)[C@H]1Cc1cc(OC)c(OCc3ccccc3)cc12. The van der Waals surface area contributed by atoms with Crippen molar-refractivity contribution in [1.82, 2.24) is 0 Å². The first-order valence-electron chi connectivity index (χ1n) is 10.0. The number of benzene rings is 2. The first-order valence-corrected chi connectivity index (χ1v) is 10.0. The van der Waals surface area contributed by atoms with Gasteiger partial charge < -0.3 is 9.47 Å². The van der Waals surface area contributed by atoms with Gasteiger partial charge in [-0.15, -0.1) is 6.58 Å². The van der Waals surface area contributed by atoms with E-state index >= 15 is 0 Å². The summed E-state index contributed by atoms with van der Waals surface area (Å²) in [4.78, 5) is 0. The molecule has 2 aliphatic carbocycles. The van der Waals surface area contributed by atoms with E-state index in [1.807, 2.05) is 18.2 Å². The molecule has 2 atom stereocenters. The maximum absolute atomic E-state index is 6.20. The lowest BCUT2D eigenvalue weighted by atomic mass is 9.56. The van der Waals surface area contributed by atoms with Crippen molar-refractivity contribution in [2.75, 3.05) is 7.11 Å². The summed E-state index contributed by atoms with van der Waals surface area (Å²) in [5, 5.41) is 0. The average Bonchev–Trinajstić information content (AvgIpc) is 3.01. The Labute approximate surface area is 163 Å². The molecular formula is C25H30O2. The molecule has 1 fully saturated rings. The molecule has 0 heterocycles. The molecule has 2 heteroatoms. The fourth-order valence-electron chi connectivity index (χ4n) is 5.45. The van der Waals surface area contributed by atoms with E-state index in [9.17, 15) is 0 Å². The van der Waals surface area contributed by atoms with Crippen LogP contribution in [0.25, 0.3) is 0 Å². The summed E-state index contributed by atoms with van der Waals surface area (Å²) in [7, 11) is 1.73. The van der Waals surface area contributed by atoms with Crippen LogP contribution < -0.4 is 9.47 Å². The molecule has 0 bridgehead atoms. The maximum atomic E-state index is 6.20. The second kappa shape index (κ2) is 6.74. The van der Waals surface area contributed by atoms with Crippen LogP contribution in [-0.4, -0.2) is 7.11 Å². The topological polar surface area (TPSA) is 18.5 Å². The van der Waals surface area contributed by atoms with Gasteiger partial charge in [0.05, 0.1) is 7.11 Å². The molecule has 4 rings (SSSR count). The Balaban J connectivity index is 1.72. The van der Waals surface area contributed by atoms with Gasteiger partial charge in [0.1, 0.15) is 6.61 Å². The normalized spacial score (nSPS) is 25.4. The molecule has 2 aromatic carbocycles. The van der Waals surface area contributed by atoms with Crippen molar-refractivity contribution in [3.63, 3.8) is 0 Å². The van der Waals surface area contributed by atoms with Crippen LogP contribution in [0.15, 0.2) is 55.1 Å².